The van der Waals surface area contributed by atoms with Crippen molar-refractivity contribution in [3.63, 3.8) is 0 Å². The number of hydrogen-bond donors (Lipinski definition) is 0. The van der Waals surface area contributed by atoms with Gasteiger partial charge in [-0.3, -0.25) is 9.80 Å². The van der Waals surface area contributed by atoms with E-state index in [-0.39, 0.29) is 6.04 Å². The molecule has 0 N–H and O–H groups in total. The highest BCUT2D eigenvalue weighted by Crippen LogP contribution is 2.31. The van der Waals surface area contributed by atoms with Gasteiger partial charge < -0.3 is 0 Å². The fourth-order valence-corrected chi connectivity index (χ4v) is 5.07. The zero-order chi connectivity index (χ0) is 20.9. The van der Waals surface area contributed by atoms with Crippen LogP contribution < -0.4 is 0 Å². The summed E-state index contributed by atoms with van der Waals surface area (Å²) < 4.78 is 1.95. The highest BCUT2D eigenvalue weighted by Gasteiger charge is 2.31. The Kier molecular flexibility index (Phi) is 6.15. The van der Waals surface area contributed by atoms with Crippen molar-refractivity contribution >= 4 is 11.3 Å². The number of thiophene rings is 1. The van der Waals surface area contributed by atoms with Gasteiger partial charge >= 0.3 is 0 Å². The standard InChI is InChI=1S/C24H26N6S/c1-3-8-20(9-4-1)18-28-13-15-29(16-14-28)23(22-12-7-17-31-22)24-25-26-27-30(24)19-21-10-5-2-6-11-21/h1-12,17,23H,13-16,18-19H2/t23-/m1/s1. The van der Waals surface area contributed by atoms with Crippen molar-refractivity contribution in [3.05, 3.63) is 100 Å². The van der Waals surface area contributed by atoms with E-state index in [4.69, 9.17) is 0 Å². The lowest BCUT2D eigenvalue weighted by Gasteiger charge is -2.38. The molecule has 158 valence electrons. The quantitative estimate of drug-likeness (QED) is 0.448. The summed E-state index contributed by atoms with van der Waals surface area (Å²) >= 11 is 1.78. The van der Waals surface area contributed by atoms with Gasteiger partial charge in [0.1, 0.15) is 6.04 Å². The number of hydrogen-bond acceptors (Lipinski definition) is 6. The van der Waals surface area contributed by atoms with Crippen molar-refractivity contribution in [1.29, 1.82) is 0 Å². The minimum atomic E-state index is 0.0811. The molecule has 1 aliphatic rings. The molecule has 1 atom stereocenters. The molecule has 3 heterocycles. The van der Waals surface area contributed by atoms with Crippen LogP contribution in [0.15, 0.2) is 78.2 Å². The molecule has 0 spiro atoms. The van der Waals surface area contributed by atoms with Crippen LogP contribution in [0.5, 0.6) is 0 Å². The van der Waals surface area contributed by atoms with Gasteiger partial charge in [0, 0.05) is 37.6 Å². The van der Waals surface area contributed by atoms with Gasteiger partial charge in [0.25, 0.3) is 0 Å². The molecular formula is C24H26N6S. The van der Waals surface area contributed by atoms with E-state index in [1.54, 1.807) is 11.3 Å². The topological polar surface area (TPSA) is 50.1 Å². The van der Waals surface area contributed by atoms with Crippen molar-refractivity contribution in [3.8, 4) is 0 Å². The van der Waals surface area contributed by atoms with Gasteiger partial charge in [-0.1, -0.05) is 66.7 Å². The number of nitrogens with zero attached hydrogens (tertiary/aromatic N) is 6. The number of benzene rings is 2. The molecule has 4 aromatic rings. The molecule has 1 saturated heterocycles. The largest absolute Gasteiger partial charge is 0.297 e. The van der Waals surface area contributed by atoms with E-state index in [0.717, 1.165) is 38.5 Å². The van der Waals surface area contributed by atoms with E-state index in [9.17, 15) is 0 Å². The molecule has 7 heteroatoms. The maximum atomic E-state index is 4.48. The van der Waals surface area contributed by atoms with Gasteiger partial charge in [-0.2, -0.15) is 0 Å². The van der Waals surface area contributed by atoms with Crippen molar-refractivity contribution < 1.29 is 0 Å². The molecule has 31 heavy (non-hydrogen) atoms. The number of tetrazole rings is 1. The van der Waals surface area contributed by atoms with Crippen molar-refractivity contribution in [2.45, 2.75) is 19.1 Å². The third-order valence-corrected chi connectivity index (χ3v) is 6.74. The summed E-state index contributed by atoms with van der Waals surface area (Å²) in [4.78, 5) is 6.35. The molecule has 1 fully saturated rings. The summed E-state index contributed by atoms with van der Waals surface area (Å²) in [5.41, 5.74) is 2.58. The van der Waals surface area contributed by atoms with Crippen molar-refractivity contribution in [2.75, 3.05) is 26.2 Å². The van der Waals surface area contributed by atoms with Crippen LogP contribution in [0.25, 0.3) is 0 Å². The van der Waals surface area contributed by atoms with Gasteiger partial charge in [-0.15, -0.1) is 16.4 Å². The number of piperazine rings is 1. The van der Waals surface area contributed by atoms with Crippen LogP contribution in [0.2, 0.25) is 0 Å². The zero-order valence-electron chi connectivity index (χ0n) is 17.4. The molecule has 0 aliphatic carbocycles. The third-order valence-electron chi connectivity index (χ3n) is 5.81. The molecule has 0 saturated carbocycles. The lowest BCUT2D eigenvalue weighted by molar-refractivity contribution is 0.101. The first-order valence-electron chi connectivity index (χ1n) is 10.7. The first-order chi connectivity index (χ1) is 15.4. The Bertz CT molecular complexity index is 1060. The highest BCUT2D eigenvalue weighted by atomic mass is 32.1. The van der Waals surface area contributed by atoms with E-state index in [1.807, 2.05) is 10.7 Å². The average molecular weight is 431 g/mol. The van der Waals surface area contributed by atoms with Crippen LogP contribution in [0.4, 0.5) is 0 Å². The number of rotatable bonds is 7. The van der Waals surface area contributed by atoms with Crippen LogP contribution in [0.3, 0.4) is 0 Å². The SMILES string of the molecule is c1ccc(CN2CCN([C@H](c3cccs3)c3nnnn3Cc3ccccc3)CC2)cc1. The van der Waals surface area contributed by atoms with Gasteiger partial charge in [0.15, 0.2) is 5.82 Å². The average Bonchev–Trinajstić information content (AvgIpc) is 3.50. The summed E-state index contributed by atoms with van der Waals surface area (Å²) in [5, 5.41) is 15.0. The minimum absolute atomic E-state index is 0.0811. The van der Waals surface area contributed by atoms with Crippen molar-refractivity contribution in [2.24, 2.45) is 0 Å². The Morgan fingerprint density at radius 2 is 1.45 bits per heavy atom. The van der Waals surface area contributed by atoms with Gasteiger partial charge in [-0.05, 0) is 33.0 Å². The smallest absolute Gasteiger partial charge is 0.174 e. The van der Waals surface area contributed by atoms with Crippen LogP contribution in [-0.4, -0.2) is 56.2 Å². The van der Waals surface area contributed by atoms with Crippen LogP contribution in [-0.2, 0) is 13.1 Å². The summed E-state index contributed by atoms with van der Waals surface area (Å²) in [5.74, 6) is 0.919. The lowest BCUT2D eigenvalue weighted by atomic mass is 10.1. The summed E-state index contributed by atoms with van der Waals surface area (Å²) in [6.45, 7) is 5.75. The maximum Gasteiger partial charge on any atom is 0.174 e. The third kappa shape index (κ3) is 4.74. The van der Waals surface area contributed by atoms with E-state index in [2.05, 4.69) is 97.4 Å². The fraction of sp³-hybridized carbons (Fsp3) is 0.292. The van der Waals surface area contributed by atoms with Gasteiger partial charge in [-0.25, -0.2) is 4.68 Å². The summed E-state index contributed by atoms with van der Waals surface area (Å²) in [6, 6.07) is 25.5. The number of aromatic nitrogens is 4. The van der Waals surface area contributed by atoms with E-state index in [1.165, 1.54) is 16.0 Å². The molecule has 0 unspecified atom stereocenters. The Morgan fingerprint density at radius 3 is 2.10 bits per heavy atom. The Morgan fingerprint density at radius 1 is 0.774 bits per heavy atom. The fourth-order valence-electron chi connectivity index (χ4n) is 4.21. The summed E-state index contributed by atoms with van der Waals surface area (Å²) in [6.07, 6.45) is 0. The molecule has 2 aromatic heterocycles. The van der Waals surface area contributed by atoms with E-state index >= 15 is 0 Å². The molecule has 0 amide bonds. The first-order valence-corrected chi connectivity index (χ1v) is 11.6. The van der Waals surface area contributed by atoms with E-state index in [0.29, 0.717) is 6.54 Å². The predicted molar refractivity (Wildman–Crippen MR) is 123 cm³/mol. The minimum Gasteiger partial charge on any atom is -0.297 e. The van der Waals surface area contributed by atoms with Gasteiger partial charge in [0.05, 0.1) is 6.54 Å². The molecule has 2 aromatic carbocycles. The Hall–Kier alpha value is -2.87. The highest BCUT2D eigenvalue weighted by molar-refractivity contribution is 7.10. The van der Waals surface area contributed by atoms with Crippen LogP contribution in [0, 0.1) is 0 Å². The van der Waals surface area contributed by atoms with E-state index < -0.39 is 0 Å². The lowest BCUT2D eigenvalue weighted by Crippen LogP contribution is -2.47. The second kappa shape index (κ2) is 9.51. The van der Waals surface area contributed by atoms with Crippen LogP contribution in [0.1, 0.15) is 27.9 Å². The maximum absolute atomic E-state index is 4.48. The molecule has 0 radical (unpaired) electrons. The van der Waals surface area contributed by atoms with Crippen LogP contribution >= 0.6 is 11.3 Å². The monoisotopic (exact) mass is 430 g/mol. The second-order valence-corrected chi connectivity index (χ2v) is 8.88. The predicted octanol–water partition coefficient (Wildman–Crippen LogP) is 3.69. The second-order valence-electron chi connectivity index (χ2n) is 7.90. The Labute approximate surface area is 186 Å². The molecular weight excluding hydrogens is 404 g/mol. The zero-order valence-corrected chi connectivity index (χ0v) is 18.2. The first kappa shape index (κ1) is 20.1. The summed E-state index contributed by atoms with van der Waals surface area (Å²) in [7, 11) is 0. The molecule has 5 rings (SSSR count). The molecule has 0 bridgehead atoms. The molecule has 1 aliphatic heterocycles. The van der Waals surface area contributed by atoms with Crippen molar-refractivity contribution in [1.82, 2.24) is 30.0 Å². The normalized spacial score (nSPS) is 16.4. The Balaban J connectivity index is 1.34. The van der Waals surface area contributed by atoms with Gasteiger partial charge in [0.2, 0.25) is 0 Å². The molecule has 6 nitrogen and oxygen atoms in total.